The van der Waals surface area contributed by atoms with Crippen molar-refractivity contribution in [1.29, 1.82) is 0 Å². The summed E-state index contributed by atoms with van der Waals surface area (Å²) in [5, 5.41) is 4.17. The van der Waals surface area contributed by atoms with Gasteiger partial charge in [0, 0.05) is 24.7 Å². The maximum absolute atomic E-state index is 5.90. The summed E-state index contributed by atoms with van der Waals surface area (Å²) in [5.41, 5.74) is 2.22. The van der Waals surface area contributed by atoms with Crippen molar-refractivity contribution in [1.82, 2.24) is 5.32 Å². The van der Waals surface area contributed by atoms with Crippen LogP contribution in [-0.2, 0) is 17.9 Å². The smallest absolute Gasteiger partial charge is 0.161 e. The fourth-order valence-corrected chi connectivity index (χ4v) is 2.99. The summed E-state index contributed by atoms with van der Waals surface area (Å²) in [5.74, 6) is 1.48. The number of halogens is 1. The third-order valence-electron chi connectivity index (χ3n) is 4.26. The van der Waals surface area contributed by atoms with Gasteiger partial charge in [0.1, 0.15) is 6.61 Å². The molecule has 0 saturated carbocycles. The van der Waals surface area contributed by atoms with E-state index in [1.807, 2.05) is 36.4 Å². The second kappa shape index (κ2) is 9.09. The molecular weight excluding hydrogens is 338 g/mol. The van der Waals surface area contributed by atoms with E-state index in [-0.39, 0.29) is 0 Å². The lowest BCUT2D eigenvalue weighted by Crippen LogP contribution is -2.25. The molecule has 1 N–H and O–H groups in total. The zero-order chi connectivity index (χ0) is 17.5. The first-order chi connectivity index (χ1) is 12.2. The Labute approximate surface area is 154 Å². The maximum atomic E-state index is 5.90. The van der Waals surface area contributed by atoms with Crippen molar-refractivity contribution in [2.45, 2.75) is 32.1 Å². The molecule has 1 saturated heterocycles. The van der Waals surface area contributed by atoms with Crippen LogP contribution in [0.4, 0.5) is 0 Å². The molecule has 0 radical (unpaired) electrons. The average molecular weight is 362 g/mol. The van der Waals surface area contributed by atoms with Crippen LogP contribution in [0, 0.1) is 0 Å². The Bertz CT molecular complexity index is 669. The first kappa shape index (κ1) is 18.1. The quantitative estimate of drug-likeness (QED) is 0.765. The van der Waals surface area contributed by atoms with Crippen LogP contribution in [0.25, 0.3) is 0 Å². The fraction of sp³-hybridized carbons (Fsp3) is 0.400. The van der Waals surface area contributed by atoms with E-state index in [2.05, 4.69) is 11.4 Å². The Kier molecular flexibility index (Phi) is 6.56. The summed E-state index contributed by atoms with van der Waals surface area (Å²) >= 11 is 5.90. The number of hydrogen-bond donors (Lipinski definition) is 1. The first-order valence-corrected chi connectivity index (χ1v) is 8.99. The van der Waals surface area contributed by atoms with E-state index in [9.17, 15) is 0 Å². The fourth-order valence-electron chi connectivity index (χ4n) is 2.87. The lowest BCUT2D eigenvalue weighted by atomic mass is 10.2. The van der Waals surface area contributed by atoms with Crippen LogP contribution in [-0.4, -0.2) is 26.4 Å². The van der Waals surface area contributed by atoms with Crippen molar-refractivity contribution in [3.8, 4) is 11.5 Å². The first-order valence-electron chi connectivity index (χ1n) is 8.61. The molecule has 4 nitrogen and oxygen atoms in total. The van der Waals surface area contributed by atoms with Gasteiger partial charge in [-0.15, -0.1) is 0 Å². The van der Waals surface area contributed by atoms with Crippen molar-refractivity contribution in [3.05, 3.63) is 58.6 Å². The maximum Gasteiger partial charge on any atom is 0.161 e. The Morgan fingerprint density at radius 3 is 2.64 bits per heavy atom. The summed E-state index contributed by atoms with van der Waals surface area (Å²) in [6, 6.07) is 13.7. The number of methoxy groups -OCH3 is 1. The van der Waals surface area contributed by atoms with Gasteiger partial charge in [-0.05, 0) is 48.2 Å². The Hall–Kier alpha value is -1.75. The predicted octanol–water partition coefficient (Wildman–Crippen LogP) is 4.20. The highest BCUT2D eigenvalue weighted by molar-refractivity contribution is 6.30. The minimum Gasteiger partial charge on any atom is -0.493 e. The third-order valence-corrected chi connectivity index (χ3v) is 4.51. The Morgan fingerprint density at radius 1 is 1.12 bits per heavy atom. The van der Waals surface area contributed by atoms with Gasteiger partial charge in [0.15, 0.2) is 11.5 Å². The molecule has 5 heteroatoms. The molecule has 2 aromatic rings. The standard InChI is InChI=1S/C20H24ClNO3/c1-23-20-11-16(12-22-13-18-3-2-10-24-18)6-9-19(20)25-14-15-4-7-17(21)8-5-15/h4-9,11,18,22H,2-3,10,12-14H2,1H3/t18-/m0/s1. The van der Waals surface area contributed by atoms with Crippen LogP contribution in [0.2, 0.25) is 5.02 Å². The number of hydrogen-bond acceptors (Lipinski definition) is 4. The van der Waals surface area contributed by atoms with Crippen molar-refractivity contribution >= 4 is 11.6 Å². The van der Waals surface area contributed by atoms with Gasteiger partial charge >= 0.3 is 0 Å². The van der Waals surface area contributed by atoms with Gasteiger partial charge in [-0.2, -0.15) is 0 Å². The summed E-state index contributed by atoms with van der Waals surface area (Å²) < 4.78 is 17.0. The number of benzene rings is 2. The van der Waals surface area contributed by atoms with E-state index in [1.165, 1.54) is 6.42 Å². The summed E-state index contributed by atoms with van der Waals surface area (Å²) in [6.07, 6.45) is 2.66. The van der Waals surface area contributed by atoms with Crippen molar-refractivity contribution in [2.75, 3.05) is 20.3 Å². The molecule has 0 aliphatic carbocycles. The van der Waals surface area contributed by atoms with Crippen LogP contribution in [0.5, 0.6) is 11.5 Å². The normalized spacial score (nSPS) is 16.8. The van der Waals surface area contributed by atoms with Gasteiger partial charge in [-0.3, -0.25) is 0 Å². The SMILES string of the molecule is COc1cc(CNC[C@@H]2CCCO2)ccc1OCc1ccc(Cl)cc1. The molecule has 1 aliphatic rings. The molecule has 1 atom stereocenters. The van der Waals surface area contributed by atoms with Gasteiger partial charge in [0.2, 0.25) is 0 Å². The largest absolute Gasteiger partial charge is 0.493 e. The van der Waals surface area contributed by atoms with E-state index in [1.54, 1.807) is 7.11 Å². The second-order valence-electron chi connectivity index (χ2n) is 6.17. The third kappa shape index (κ3) is 5.36. The van der Waals surface area contributed by atoms with Gasteiger partial charge in [-0.25, -0.2) is 0 Å². The van der Waals surface area contributed by atoms with E-state index in [0.29, 0.717) is 12.7 Å². The molecular formula is C20H24ClNO3. The molecule has 25 heavy (non-hydrogen) atoms. The zero-order valence-corrected chi connectivity index (χ0v) is 15.2. The minimum absolute atomic E-state index is 0.351. The molecule has 0 bridgehead atoms. The van der Waals surface area contributed by atoms with Gasteiger partial charge in [-0.1, -0.05) is 29.8 Å². The molecule has 1 fully saturated rings. The van der Waals surface area contributed by atoms with Crippen molar-refractivity contribution in [2.24, 2.45) is 0 Å². The monoisotopic (exact) mass is 361 g/mol. The molecule has 0 unspecified atom stereocenters. The average Bonchev–Trinajstić information content (AvgIpc) is 3.15. The minimum atomic E-state index is 0.351. The molecule has 134 valence electrons. The van der Waals surface area contributed by atoms with Gasteiger partial charge < -0.3 is 19.5 Å². The predicted molar refractivity (Wildman–Crippen MR) is 99.5 cm³/mol. The number of nitrogens with one attached hydrogen (secondary N) is 1. The topological polar surface area (TPSA) is 39.7 Å². The van der Waals surface area contributed by atoms with Crippen LogP contribution >= 0.6 is 11.6 Å². The molecule has 1 heterocycles. The highest BCUT2D eigenvalue weighted by Gasteiger charge is 2.14. The highest BCUT2D eigenvalue weighted by atomic mass is 35.5. The molecule has 2 aromatic carbocycles. The summed E-state index contributed by atoms with van der Waals surface area (Å²) in [7, 11) is 1.66. The molecule has 1 aliphatic heterocycles. The Morgan fingerprint density at radius 2 is 1.92 bits per heavy atom. The second-order valence-corrected chi connectivity index (χ2v) is 6.60. The van der Waals surface area contributed by atoms with Crippen LogP contribution in [0.1, 0.15) is 24.0 Å². The summed E-state index contributed by atoms with van der Waals surface area (Å²) in [4.78, 5) is 0. The lowest BCUT2D eigenvalue weighted by Gasteiger charge is -2.14. The van der Waals surface area contributed by atoms with E-state index >= 15 is 0 Å². The van der Waals surface area contributed by atoms with E-state index in [0.717, 1.165) is 53.8 Å². The lowest BCUT2D eigenvalue weighted by molar-refractivity contribution is 0.110. The molecule has 3 rings (SSSR count). The van der Waals surface area contributed by atoms with Crippen LogP contribution < -0.4 is 14.8 Å². The molecule has 0 spiro atoms. The number of rotatable bonds is 8. The highest BCUT2D eigenvalue weighted by Crippen LogP contribution is 2.29. The number of ether oxygens (including phenoxy) is 3. The van der Waals surface area contributed by atoms with E-state index in [4.69, 9.17) is 25.8 Å². The molecule has 0 aromatic heterocycles. The van der Waals surface area contributed by atoms with Gasteiger partial charge in [0.25, 0.3) is 0 Å². The zero-order valence-electron chi connectivity index (χ0n) is 14.5. The van der Waals surface area contributed by atoms with Gasteiger partial charge in [0.05, 0.1) is 13.2 Å². The van der Waals surface area contributed by atoms with Crippen LogP contribution in [0.3, 0.4) is 0 Å². The molecule has 0 amide bonds. The Balaban J connectivity index is 1.54. The van der Waals surface area contributed by atoms with Crippen molar-refractivity contribution in [3.63, 3.8) is 0 Å². The summed E-state index contributed by atoms with van der Waals surface area (Å²) in [6.45, 7) is 3.04. The van der Waals surface area contributed by atoms with Crippen LogP contribution in [0.15, 0.2) is 42.5 Å². The van der Waals surface area contributed by atoms with Crippen molar-refractivity contribution < 1.29 is 14.2 Å². The van der Waals surface area contributed by atoms with E-state index < -0.39 is 0 Å².